The van der Waals surface area contributed by atoms with Crippen molar-refractivity contribution < 1.29 is 33.8 Å². The number of methoxy groups -OCH3 is 2. The van der Waals surface area contributed by atoms with E-state index in [0.29, 0.717) is 28.8 Å². The zero-order chi connectivity index (χ0) is 28.5. The number of carbonyl (C=O) groups excluding carboxylic acids is 4. The highest BCUT2D eigenvalue weighted by Crippen LogP contribution is 2.56. The van der Waals surface area contributed by atoms with E-state index in [0.717, 1.165) is 9.14 Å². The summed E-state index contributed by atoms with van der Waals surface area (Å²) in [5.74, 6) is -3.51. The van der Waals surface area contributed by atoms with Gasteiger partial charge in [0.1, 0.15) is 0 Å². The number of Topliss-reactive ketones (excluding diaryl/α,β-unsaturated/α-hetero) is 1. The van der Waals surface area contributed by atoms with Gasteiger partial charge in [-0.3, -0.25) is 24.1 Å². The Labute approximate surface area is 252 Å². The normalized spacial score (nSPS) is 25.8. The molecule has 2 aromatic carbocycles. The molecule has 4 atom stereocenters. The molecule has 0 spiro atoms. The first-order valence-corrected chi connectivity index (χ1v) is 14.5. The number of aromatic hydroxyl groups is 1. The van der Waals surface area contributed by atoms with Gasteiger partial charge in [-0.15, -0.1) is 0 Å². The molecule has 0 aromatic heterocycles. The predicted octanol–water partition coefficient (Wildman–Crippen LogP) is 4.98. The van der Waals surface area contributed by atoms with Crippen LogP contribution in [0.4, 0.5) is 5.69 Å². The number of imide groups is 1. The van der Waals surface area contributed by atoms with Crippen LogP contribution in [0, 0.1) is 21.3 Å². The van der Waals surface area contributed by atoms with E-state index in [1.54, 1.807) is 24.3 Å². The van der Waals surface area contributed by atoms with Crippen molar-refractivity contribution in [2.75, 3.05) is 19.1 Å². The van der Waals surface area contributed by atoms with Crippen molar-refractivity contribution in [2.45, 2.75) is 18.8 Å². The monoisotopic (exact) mass is 715 g/mol. The predicted molar refractivity (Wildman–Crippen MR) is 157 cm³/mol. The van der Waals surface area contributed by atoms with Crippen molar-refractivity contribution in [3.05, 3.63) is 78.9 Å². The second kappa shape index (κ2) is 9.99. The maximum absolute atomic E-state index is 14.0. The van der Waals surface area contributed by atoms with Gasteiger partial charge < -0.3 is 14.6 Å². The van der Waals surface area contributed by atoms with E-state index in [9.17, 15) is 24.3 Å². The SMILES string of the molecule is COc1cc(C2C3=CCC4C(=O)N(c5ccc(I)cc5)C(=O)C4C3CC3=C2C(=O)C=C(Br)C3=O)cc(OC)c1O. The van der Waals surface area contributed by atoms with Crippen LogP contribution >= 0.6 is 38.5 Å². The molecule has 10 heteroatoms. The minimum absolute atomic E-state index is 0.149. The number of phenols is 1. The second-order valence-corrected chi connectivity index (χ2v) is 12.3. The average Bonchev–Trinajstić information content (AvgIpc) is 3.21. The van der Waals surface area contributed by atoms with Crippen molar-refractivity contribution in [3.63, 3.8) is 0 Å². The molecular weight excluding hydrogens is 693 g/mol. The van der Waals surface area contributed by atoms with Crippen LogP contribution < -0.4 is 14.4 Å². The number of nitrogens with zero attached hydrogens (tertiary/aromatic N) is 1. The molecule has 4 unspecified atom stereocenters. The third kappa shape index (κ3) is 3.98. The summed E-state index contributed by atoms with van der Waals surface area (Å²) in [5.41, 5.74) is 2.54. The van der Waals surface area contributed by atoms with Crippen LogP contribution in [0.3, 0.4) is 0 Å². The first-order valence-electron chi connectivity index (χ1n) is 12.6. The minimum atomic E-state index is -0.693. The Hall–Kier alpha value is -3.25. The van der Waals surface area contributed by atoms with Crippen LogP contribution in [-0.2, 0) is 19.2 Å². The molecule has 2 aromatic rings. The largest absolute Gasteiger partial charge is 0.502 e. The highest BCUT2D eigenvalue weighted by Gasteiger charge is 2.56. The van der Waals surface area contributed by atoms with E-state index in [2.05, 4.69) is 38.5 Å². The van der Waals surface area contributed by atoms with Crippen molar-refractivity contribution in [3.8, 4) is 17.2 Å². The molecule has 2 amide bonds. The highest BCUT2D eigenvalue weighted by atomic mass is 127. The van der Waals surface area contributed by atoms with Gasteiger partial charge in [0.05, 0.1) is 36.2 Å². The fraction of sp³-hybridized carbons (Fsp3) is 0.267. The van der Waals surface area contributed by atoms with Crippen LogP contribution in [0.5, 0.6) is 17.2 Å². The van der Waals surface area contributed by atoms with Gasteiger partial charge in [-0.1, -0.05) is 11.6 Å². The highest BCUT2D eigenvalue weighted by molar-refractivity contribution is 14.1. The number of ether oxygens (including phenoxy) is 2. The summed E-state index contributed by atoms with van der Waals surface area (Å²) in [6.07, 6.45) is 3.71. The van der Waals surface area contributed by atoms with Crippen LogP contribution in [0.15, 0.2) is 69.8 Å². The van der Waals surface area contributed by atoms with E-state index in [1.165, 1.54) is 25.2 Å². The lowest BCUT2D eigenvalue weighted by molar-refractivity contribution is -0.123. The fourth-order valence-corrected chi connectivity index (χ4v) is 7.32. The van der Waals surface area contributed by atoms with Crippen LogP contribution in [0.25, 0.3) is 0 Å². The number of allylic oxidation sites excluding steroid dienone is 6. The Morgan fingerprint density at radius 1 is 0.975 bits per heavy atom. The summed E-state index contributed by atoms with van der Waals surface area (Å²) in [5, 5.41) is 10.5. The van der Waals surface area contributed by atoms with E-state index in [4.69, 9.17) is 9.47 Å². The molecule has 40 heavy (non-hydrogen) atoms. The summed E-state index contributed by atoms with van der Waals surface area (Å²) in [6.45, 7) is 0. The average molecular weight is 716 g/mol. The number of ketones is 2. The second-order valence-electron chi connectivity index (χ2n) is 10.2. The lowest BCUT2D eigenvalue weighted by Gasteiger charge is -2.42. The Kier molecular flexibility index (Phi) is 6.73. The molecule has 1 fully saturated rings. The number of anilines is 1. The number of amides is 2. The molecule has 6 rings (SSSR count). The van der Waals surface area contributed by atoms with Gasteiger partial charge in [0.2, 0.25) is 17.6 Å². The van der Waals surface area contributed by atoms with Gasteiger partial charge in [0.15, 0.2) is 23.1 Å². The quantitative estimate of drug-likeness (QED) is 0.206. The van der Waals surface area contributed by atoms with E-state index in [1.807, 2.05) is 18.2 Å². The summed E-state index contributed by atoms with van der Waals surface area (Å²) >= 11 is 5.40. The first-order chi connectivity index (χ1) is 19.2. The smallest absolute Gasteiger partial charge is 0.238 e. The molecule has 1 aliphatic heterocycles. The standard InChI is InChI=1S/C30H23BrINO7/c1-39-22-9-13(10-23(40-2)28(22)36)24-16-7-8-17-25(18(16)11-19-26(24)21(34)12-20(31)27(19)35)30(38)33(29(17)37)15-5-3-14(32)4-6-15/h3-7,9-10,12,17-18,24-25,36H,8,11H2,1-2H3. The van der Waals surface area contributed by atoms with Crippen molar-refractivity contribution >= 4 is 67.6 Å². The van der Waals surface area contributed by atoms with Crippen molar-refractivity contribution in [1.29, 1.82) is 0 Å². The van der Waals surface area contributed by atoms with Gasteiger partial charge in [-0.05, 0) is 99.2 Å². The lowest BCUT2D eigenvalue weighted by atomic mass is 9.59. The van der Waals surface area contributed by atoms with Crippen molar-refractivity contribution in [2.24, 2.45) is 17.8 Å². The maximum Gasteiger partial charge on any atom is 0.238 e. The van der Waals surface area contributed by atoms with Gasteiger partial charge in [0.25, 0.3) is 0 Å². The van der Waals surface area contributed by atoms with Crippen LogP contribution in [-0.4, -0.2) is 42.7 Å². The zero-order valence-corrected chi connectivity index (χ0v) is 25.2. The molecule has 0 radical (unpaired) electrons. The van der Waals surface area contributed by atoms with E-state index < -0.39 is 23.7 Å². The molecule has 4 aliphatic rings. The first kappa shape index (κ1) is 26.9. The Morgan fingerprint density at radius 3 is 2.25 bits per heavy atom. The topological polar surface area (TPSA) is 110 Å². The van der Waals surface area contributed by atoms with E-state index in [-0.39, 0.29) is 51.5 Å². The molecule has 204 valence electrons. The molecular formula is C30H23BrINO7. The molecule has 1 saturated heterocycles. The number of halogens is 2. The van der Waals surface area contributed by atoms with Gasteiger partial charge in [0, 0.05) is 26.7 Å². The lowest BCUT2D eigenvalue weighted by Crippen LogP contribution is -2.39. The maximum atomic E-state index is 14.0. The third-order valence-corrected chi connectivity index (χ3v) is 9.56. The van der Waals surface area contributed by atoms with E-state index >= 15 is 0 Å². The fourth-order valence-electron chi connectivity index (χ4n) is 6.51. The minimum Gasteiger partial charge on any atom is -0.502 e. The summed E-state index contributed by atoms with van der Waals surface area (Å²) in [4.78, 5) is 55.7. The molecule has 3 aliphatic carbocycles. The summed E-state index contributed by atoms with van der Waals surface area (Å²) in [7, 11) is 2.82. The van der Waals surface area contributed by atoms with Gasteiger partial charge in [-0.2, -0.15) is 0 Å². The van der Waals surface area contributed by atoms with Crippen LogP contribution in [0.2, 0.25) is 0 Å². The van der Waals surface area contributed by atoms with Gasteiger partial charge in [-0.25, -0.2) is 0 Å². The number of benzene rings is 2. The zero-order valence-electron chi connectivity index (χ0n) is 21.4. The molecule has 1 N–H and O–H groups in total. The number of hydrogen-bond acceptors (Lipinski definition) is 7. The molecule has 0 bridgehead atoms. The van der Waals surface area contributed by atoms with Crippen LogP contribution in [0.1, 0.15) is 24.3 Å². The number of phenolic OH excluding ortho intramolecular Hbond substituents is 1. The number of fused-ring (bicyclic) bond motifs is 3. The van der Waals surface area contributed by atoms with Gasteiger partial charge >= 0.3 is 0 Å². The summed E-state index contributed by atoms with van der Waals surface area (Å²) in [6, 6.07) is 10.4. The molecule has 1 heterocycles. The molecule has 8 nitrogen and oxygen atoms in total. The molecule has 0 saturated carbocycles. The summed E-state index contributed by atoms with van der Waals surface area (Å²) < 4.78 is 11.9. The third-order valence-electron chi connectivity index (χ3n) is 8.25. The number of hydrogen-bond donors (Lipinski definition) is 1. The number of rotatable bonds is 4. The van der Waals surface area contributed by atoms with Crippen molar-refractivity contribution in [1.82, 2.24) is 0 Å². The Balaban J connectivity index is 1.51. The Morgan fingerprint density at radius 2 is 1.62 bits per heavy atom. The number of carbonyl (C=O) groups is 4. The Bertz CT molecular complexity index is 1580.